The summed E-state index contributed by atoms with van der Waals surface area (Å²) in [7, 11) is 1.66. The second-order valence-corrected chi connectivity index (χ2v) is 6.60. The summed E-state index contributed by atoms with van der Waals surface area (Å²) in [6.07, 6.45) is 4.07. The molecule has 1 aliphatic heterocycles. The van der Waals surface area contributed by atoms with Crippen molar-refractivity contribution in [2.75, 3.05) is 44.0 Å². The largest absolute Gasteiger partial charge is 0.383 e. The fourth-order valence-corrected chi connectivity index (χ4v) is 3.63. The molecule has 0 radical (unpaired) electrons. The maximum absolute atomic E-state index is 5.97. The summed E-state index contributed by atoms with van der Waals surface area (Å²) in [5, 5.41) is 12.0. The van der Waals surface area contributed by atoms with Crippen LogP contribution < -0.4 is 10.6 Å². The molecule has 0 bridgehead atoms. The monoisotopic (exact) mass is 360 g/mol. The van der Waals surface area contributed by atoms with Gasteiger partial charge in [-0.2, -0.15) is 4.98 Å². The summed E-state index contributed by atoms with van der Waals surface area (Å²) < 4.78 is 12.8. The minimum Gasteiger partial charge on any atom is -0.383 e. The molecule has 0 aromatic carbocycles. The third-order valence-electron chi connectivity index (χ3n) is 4.90. The molecule has 2 aliphatic rings. The summed E-state index contributed by atoms with van der Waals surface area (Å²) >= 11 is 0. The van der Waals surface area contributed by atoms with Gasteiger partial charge in [0.1, 0.15) is 11.9 Å². The van der Waals surface area contributed by atoms with Crippen LogP contribution in [0.2, 0.25) is 0 Å². The molecule has 0 spiro atoms. The van der Waals surface area contributed by atoms with E-state index in [2.05, 4.69) is 30.4 Å². The molecule has 0 amide bonds. The molecule has 1 atom stereocenters. The lowest BCUT2D eigenvalue weighted by molar-refractivity contribution is 0.0296. The Hall–Kier alpha value is -2.33. The molecule has 3 heterocycles. The first-order valence-corrected chi connectivity index (χ1v) is 9.03. The van der Waals surface area contributed by atoms with E-state index in [-0.39, 0.29) is 6.10 Å². The molecule has 2 aromatic heterocycles. The van der Waals surface area contributed by atoms with Gasteiger partial charge >= 0.3 is 0 Å². The Morgan fingerprint density at radius 1 is 1.27 bits per heavy atom. The summed E-state index contributed by atoms with van der Waals surface area (Å²) in [6, 6.07) is 0. The number of morpholine rings is 1. The average molecular weight is 360 g/mol. The van der Waals surface area contributed by atoms with Crippen LogP contribution in [0, 0.1) is 0 Å². The molecule has 2 aromatic rings. The van der Waals surface area contributed by atoms with Gasteiger partial charge in [0.25, 0.3) is 0 Å². The van der Waals surface area contributed by atoms with Gasteiger partial charge in [-0.15, -0.1) is 5.10 Å². The predicted molar refractivity (Wildman–Crippen MR) is 93.7 cm³/mol. The van der Waals surface area contributed by atoms with Crippen LogP contribution in [0.5, 0.6) is 0 Å². The number of aromatic nitrogens is 6. The summed E-state index contributed by atoms with van der Waals surface area (Å²) in [5.74, 6) is 1.99. The Balaban J connectivity index is 1.58. The van der Waals surface area contributed by atoms with E-state index in [4.69, 9.17) is 15.2 Å². The molecule has 1 unspecified atom stereocenters. The first-order chi connectivity index (χ1) is 12.8. The molecule has 1 fully saturated rings. The number of ether oxygens (including phenoxy) is 2. The zero-order valence-corrected chi connectivity index (χ0v) is 15.0. The Morgan fingerprint density at radius 3 is 3.04 bits per heavy atom. The normalized spacial score (nSPS) is 20.2. The van der Waals surface area contributed by atoms with Crippen LogP contribution in [0.3, 0.4) is 0 Å². The molecule has 10 heteroatoms. The van der Waals surface area contributed by atoms with E-state index in [9.17, 15) is 0 Å². The van der Waals surface area contributed by atoms with E-state index in [1.165, 1.54) is 5.56 Å². The maximum Gasteiger partial charge on any atom is 0.222 e. The molecule has 4 rings (SSSR count). The topological polar surface area (TPSA) is 117 Å². The number of anilines is 2. The molecular weight excluding hydrogens is 336 g/mol. The van der Waals surface area contributed by atoms with Crippen molar-refractivity contribution in [1.29, 1.82) is 0 Å². The molecule has 10 nitrogen and oxygen atoms in total. The van der Waals surface area contributed by atoms with Crippen molar-refractivity contribution in [3.05, 3.63) is 17.1 Å². The molecule has 0 saturated carbocycles. The second-order valence-electron chi connectivity index (χ2n) is 6.60. The average Bonchev–Trinajstić information content (AvgIpc) is 3.14. The van der Waals surface area contributed by atoms with Crippen LogP contribution in [0.1, 0.15) is 36.0 Å². The van der Waals surface area contributed by atoms with Crippen molar-refractivity contribution in [3.63, 3.8) is 0 Å². The van der Waals surface area contributed by atoms with Gasteiger partial charge in [-0.05, 0) is 36.1 Å². The van der Waals surface area contributed by atoms with Crippen molar-refractivity contribution >= 4 is 11.8 Å². The Kier molecular flexibility index (Phi) is 4.93. The third kappa shape index (κ3) is 3.34. The number of hydrogen-bond acceptors (Lipinski definition) is 9. The van der Waals surface area contributed by atoms with Gasteiger partial charge < -0.3 is 20.1 Å². The third-order valence-corrected chi connectivity index (χ3v) is 4.90. The first-order valence-electron chi connectivity index (χ1n) is 9.03. The second kappa shape index (κ2) is 7.50. The van der Waals surface area contributed by atoms with Crippen LogP contribution in [-0.4, -0.2) is 63.6 Å². The first kappa shape index (κ1) is 17.1. The van der Waals surface area contributed by atoms with Crippen molar-refractivity contribution in [2.45, 2.75) is 38.3 Å². The van der Waals surface area contributed by atoms with Gasteiger partial charge in [-0.3, -0.25) is 0 Å². The summed E-state index contributed by atoms with van der Waals surface area (Å²) in [4.78, 5) is 11.2. The van der Waals surface area contributed by atoms with Crippen molar-refractivity contribution in [2.24, 2.45) is 0 Å². The molecule has 1 aliphatic carbocycles. The number of tetrazole rings is 1. The lowest BCUT2D eigenvalue weighted by Crippen LogP contribution is -2.41. The van der Waals surface area contributed by atoms with Gasteiger partial charge in [0.15, 0.2) is 5.82 Å². The highest BCUT2D eigenvalue weighted by Crippen LogP contribution is 2.31. The van der Waals surface area contributed by atoms with Gasteiger partial charge in [0.2, 0.25) is 5.95 Å². The zero-order chi connectivity index (χ0) is 17.9. The van der Waals surface area contributed by atoms with E-state index in [1.54, 1.807) is 11.8 Å². The molecule has 1 saturated heterocycles. The Bertz CT molecular complexity index is 765. The molecule has 140 valence electrons. The quantitative estimate of drug-likeness (QED) is 0.795. The van der Waals surface area contributed by atoms with Crippen LogP contribution >= 0.6 is 0 Å². The summed E-state index contributed by atoms with van der Waals surface area (Å²) in [6.45, 7) is 3.12. The zero-order valence-electron chi connectivity index (χ0n) is 15.0. The van der Waals surface area contributed by atoms with E-state index in [0.717, 1.165) is 43.7 Å². The van der Waals surface area contributed by atoms with Crippen molar-refractivity contribution in [1.82, 2.24) is 30.2 Å². The van der Waals surface area contributed by atoms with Crippen molar-refractivity contribution < 1.29 is 9.47 Å². The van der Waals surface area contributed by atoms with E-state index in [1.807, 2.05) is 0 Å². The predicted octanol–water partition coefficient (Wildman–Crippen LogP) is 0.148. The Morgan fingerprint density at radius 2 is 2.15 bits per heavy atom. The molecule has 2 N–H and O–H groups in total. The van der Waals surface area contributed by atoms with Crippen LogP contribution in [0.15, 0.2) is 0 Å². The van der Waals surface area contributed by atoms with E-state index in [0.29, 0.717) is 38.1 Å². The fraction of sp³-hybridized carbons (Fsp3) is 0.688. The van der Waals surface area contributed by atoms with Gasteiger partial charge in [0.05, 0.1) is 32.0 Å². The summed E-state index contributed by atoms with van der Waals surface area (Å²) in [5.41, 5.74) is 8.28. The number of methoxy groups -OCH3 is 1. The highest BCUT2D eigenvalue weighted by atomic mass is 16.5. The minimum atomic E-state index is -0.217. The highest BCUT2D eigenvalue weighted by molar-refractivity contribution is 5.53. The number of aryl methyl sites for hydroxylation is 1. The number of nitrogens with zero attached hydrogens (tertiary/aromatic N) is 7. The van der Waals surface area contributed by atoms with Crippen molar-refractivity contribution in [3.8, 4) is 0 Å². The number of rotatable bonds is 5. The van der Waals surface area contributed by atoms with Crippen LogP contribution in [-0.2, 0) is 28.9 Å². The lowest BCUT2D eigenvalue weighted by atomic mass is 9.96. The lowest BCUT2D eigenvalue weighted by Gasteiger charge is -2.35. The smallest absolute Gasteiger partial charge is 0.222 e. The van der Waals surface area contributed by atoms with E-state index >= 15 is 0 Å². The molecular formula is C16H24N8O2. The highest BCUT2D eigenvalue weighted by Gasteiger charge is 2.30. The minimum absolute atomic E-state index is 0.217. The number of fused-ring (bicyclic) bond motifs is 1. The van der Waals surface area contributed by atoms with Crippen LogP contribution in [0.4, 0.5) is 11.8 Å². The number of nitrogens with two attached hydrogens (primary N) is 1. The van der Waals surface area contributed by atoms with E-state index < -0.39 is 0 Å². The number of hydrogen-bond donors (Lipinski definition) is 1. The fourth-order valence-electron chi connectivity index (χ4n) is 3.63. The SMILES string of the molecule is COCCn1nnnc1C1CN(c2nc(N)nc3c2CCCC3)CCO1. The number of nitrogen functional groups attached to an aromatic ring is 1. The van der Waals surface area contributed by atoms with Gasteiger partial charge in [-0.1, -0.05) is 0 Å². The van der Waals surface area contributed by atoms with Gasteiger partial charge in [-0.25, -0.2) is 9.67 Å². The molecule has 26 heavy (non-hydrogen) atoms. The Labute approximate surface area is 151 Å². The standard InChI is InChI=1S/C16H24N8O2/c1-25-8-7-24-15(20-21-22-24)13-10-23(6-9-26-13)14-11-4-2-3-5-12(11)18-16(17)19-14/h13H,2-10H2,1H3,(H2,17,18,19). The van der Waals surface area contributed by atoms with Crippen LogP contribution in [0.25, 0.3) is 0 Å². The van der Waals surface area contributed by atoms with Gasteiger partial charge in [0, 0.05) is 19.2 Å². The maximum atomic E-state index is 5.97.